The topological polar surface area (TPSA) is 21.3 Å². The summed E-state index contributed by atoms with van der Waals surface area (Å²) in [5, 5.41) is 7.83. The molecule has 0 radical (unpaired) electrons. The average Bonchev–Trinajstić information content (AvgIpc) is 2.90. The van der Waals surface area contributed by atoms with Crippen LogP contribution in [0.25, 0.3) is 0 Å². The van der Waals surface area contributed by atoms with Crippen LogP contribution in [-0.2, 0) is 13.0 Å². The zero-order valence-electron chi connectivity index (χ0n) is 10.8. The molecule has 2 rings (SSSR count). The summed E-state index contributed by atoms with van der Waals surface area (Å²) in [5.41, 5.74) is 2.61. The number of thiophene rings is 1. The maximum Gasteiger partial charge on any atom is 0.122 e. The van der Waals surface area contributed by atoms with Crippen LogP contribution >= 0.6 is 11.3 Å². The van der Waals surface area contributed by atoms with Gasteiger partial charge < -0.3 is 10.1 Å². The highest BCUT2D eigenvalue weighted by atomic mass is 32.1. The Labute approximate surface area is 113 Å². The van der Waals surface area contributed by atoms with Crippen LogP contribution in [0.15, 0.2) is 41.1 Å². The number of ether oxygens (including phenoxy) is 1. The largest absolute Gasteiger partial charge is 0.496 e. The van der Waals surface area contributed by atoms with Crippen LogP contribution in [0.1, 0.15) is 18.1 Å². The van der Waals surface area contributed by atoms with E-state index < -0.39 is 0 Å². The molecule has 1 aromatic carbocycles. The zero-order valence-corrected chi connectivity index (χ0v) is 11.7. The lowest BCUT2D eigenvalue weighted by atomic mass is 10.1. The van der Waals surface area contributed by atoms with Crippen molar-refractivity contribution >= 4 is 11.3 Å². The van der Waals surface area contributed by atoms with Crippen molar-refractivity contribution in [2.24, 2.45) is 0 Å². The third kappa shape index (κ3) is 3.59. The fraction of sp³-hybridized carbons (Fsp3) is 0.333. The molecule has 0 amide bonds. The van der Waals surface area contributed by atoms with Gasteiger partial charge in [0.2, 0.25) is 0 Å². The third-order valence-electron chi connectivity index (χ3n) is 2.95. The monoisotopic (exact) mass is 261 g/mol. The van der Waals surface area contributed by atoms with E-state index in [1.54, 1.807) is 18.4 Å². The minimum absolute atomic E-state index is 0.432. The van der Waals surface area contributed by atoms with Crippen molar-refractivity contribution in [3.63, 3.8) is 0 Å². The van der Waals surface area contributed by atoms with Crippen LogP contribution in [0.2, 0.25) is 0 Å². The van der Waals surface area contributed by atoms with Gasteiger partial charge in [-0.3, -0.25) is 0 Å². The first-order valence-electron chi connectivity index (χ1n) is 6.16. The van der Waals surface area contributed by atoms with Gasteiger partial charge in [-0.25, -0.2) is 0 Å². The first-order valence-corrected chi connectivity index (χ1v) is 7.10. The Kier molecular flexibility index (Phi) is 4.79. The van der Waals surface area contributed by atoms with Gasteiger partial charge in [-0.1, -0.05) is 18.2 Å². The first kappa shape index (κ1) is 13.1. The molecular weight excluding hydrogens is 242 g/mol. The van der Waals surface area contributed by atoms with Crippen molar-refractivity contribution in [1.29, 1.82) is 0 Å². The highest BCUT2D eigenvalue weighted by Crippen LogP contribution is 2.19. The zero-order chi connectivity index (χ0) is 12.8. The van der Waals surface area contributed by atoms with Gasteiger partial charge in [0.05, 0.1) is 7.11 Å². The van der Waals surface area contributed by atoms with Gasteiger partial charge >= 0.3 is 0 Å². The molecule has 1 atom stereocenters. The Balaban J connectivity index is 1.88. The molecule has 96 valence electrons. The summed E-state index contributed by atoms with van der Waals surface area (Å²) >= 11 is 1.74. The third-order valence-corrected chi connectivity index (χ3v) is 3.69. The van der Waals surface area contributed by atoms with Crippen LogP contribution in [0.3, 0.4) is 0 Å². The number of nitrogens with one attached hydrogen (secondary N) is 1. The Morgan fingerprint density at radius 3 is 2.83 bits per heavy atom. The molecule has 0 aliphatic rings. The van der Waals surface area contributed by atoms with E-state index in [9.17, 15) is 0 Å². The molecule has 2 nitrogen and oxygen atoms in total. The van der Waals surface area contributed by atoms with Crippen LogP contribution in [0.5, 0.6) is 5.75 Å². The van der Waals surface area contributed by atoms with E-state index in [2.05, 4.69) is 41.2 Å². The summed E-state index contributed by atoms with van der Waals surface area (Å²) in [7, 11) is 1.72. The van der Waals surface area contributed by atoms with Gasteiger partial charge in [-0.2, -0.15) is 11.3 Å². The van der Waals surface area contributed by atoms with E-state index in [-0.39, 0.29) is 0 Å². The minimum atomic E-state index is 0.432. The number of hydrogen-bond acceptors (Lipinski definition) is 3. The van der Waals surface area contributed by atoms with Crippen molar-refractivity contribution < 1.29 is 4.74 Å². The molecule has 18 heavy (non-hydrogen) atoms. The fourth-order valence-electron chi connectivity index (χ4n) is 1.96. The SMILES string of the molecule is COc1ccccc1CC(C)NCc1ccsc1. The van der Waals surface area contributed by atoms with Crippen molar-refractivity contribution in [2.75, 3.05) is 7.11 Å². The molecule has 0 spiro atoms. The summed E-state index contributed by atoms with van der Waals surface area (Å²) in [6.45, 7) is 3.14. The van der Waals surface area contributed by atoms with E-state index in [1.807, 2.05) is 12.1 Å². The summed E-state index contributed by atoms with van der Waals surface area (Å²) < 4.78 is 5.37. The predicted octanol–water partition coefficient (Wildman–Crippen LogP) is 3.48. The van der Waals surface area contributed by atoms with Gasteiger partial charge in [-0.15, -0.1) is 0 Å². The molecule has 2 aromatic rings. The number of rotatable bonds is 6. The van der Waals surface area contributed by atoms with Crippen LogP contribution < -0.4 is 10.1 Å². The van der Waals surface area contributed by atoms with Crippen LogP contribution in [0.4, 0.5) is 0 Å². The highest BCUT2D eigenvalue weighted by molar-refractivity contribution is 7.07. The Morgan fingerprint density at radius 1 is 1.28 bits per heavy atom. The van der Waals surface area contributed by atoms with Crippen LogP contribution in [0, 0.1) is 0 Å². The van der Waals surface area contributed by atoms with E-state index >= 15 is 0 Å². The van der Waals surface area contributed by atoms with Crippen molar-refractivity contribution in [1.82, 2.24) is 5.32 Å². The fourth-order valence-corrected chi connectivity index (χ4v) is 2.63. The van der Waals surface area contributed by atoms with E-state index in [0.717, 1.165) is 18.7 Å². The maximum absolute atomic E-state index is 5.37. The normalized spacial score (nSPS) is 12.3. The van der Waals surface area contributed by atoms with Gasteiger partial charge in [0, 0.05) is 12.6 Å². The second kappa shape index (κ2) is 6.57. The Hall–Kier alpha value is -1.32. The summed E-state index contributed by atoms with van der Waals surface area (Å²) in [6.07, 6.45) is 0.980. The standard InChI is InChI=1S/C15H19NOS/c1-12(16-10-13-7-8-18-11-13)9-14-5-3-4-6-15(14)17-2/h3-8,11-12,16H,9-10H2,1-2H3. The quantitative estimate of drug-likeness (QED) is 0.859. The lowest BCUT2D eigenvalue weighted by Crippen LogP contribution is -2.27. The Bertz CT molecular complexity index is 467. The minimum Gasteiger partial charge on any atom is -0.496 e. The summed E-state index contributed by atoms with van der Waals surface area (Å²) in [6, 6.07) is 10.8. The second-order valence-electron chi connectivity index (χ2n) is 4.43. The molecule has 0 bridgehead atoms. The van der Waals surface area contributed by atoms with Crippen molar-refractivity contribution in [3.8, 4) is 5.75 Å². The lowest BCUT2D eigenvalue weighted by molar-refractivity contribution is 0.406. The smallest absolute Gasteiger partial charge is 0.122 e. The predicted molar refractivity (Wildman–Crippen MR) is 77.3 cm³/mol. The molecule has 1 N–H and O–H groups in total. The first-order chi connectivity index (χ1) is 8.79. The highest BCUT2D eigenvalue weighted by Gasteiger charge is 2.07. The maximum atomic E-state index is 5.37. The Morgan fingerprint density at radius 2 is 2.11 bits per heavy atom. The molecule has 0 aliphatic carbocycles. The molecular formula is C15H19NOS. The van der Waals surface area contributed by atoms with E-state index in [0.29, 0.717) is 6.04 Å². The molecule has 1 heterocycles. The van der Waals surface area contributed by atoms with Crippen molar-refractivity contribution in [2.45, 2.75) is 25.9 Å². The number of para-hydroxylation sites is 1. The molecule has 0 aliphatic heterocycles. The van der Waals surface area contributed by atoms with Gasteiger partial charge in [-0.05, 0) is 47.4 Å². The van der Waals surface area contributed by atoms with Gasteiger partial charge in [0.15, 0.2) is 0 Å². The van der Waals surface area contributed by atoms with E-state index in [1.165, 1.54) is 11.1 Å². The summed E-state index contributed by atoms with van der Waals surface area (Å²) in [5.74, 6) is 0.974. The number of methoxy groups -OCH3 is 1. The van der Waals surface area contributed by atoms with Crippen molar-refractivity contribution in [3.05, 3.63) is 52.2 Å². The molecule has 3 heteroatoms. The number of hydrogen-bond donors (Lipinski definition) is 1. The lowest BCUT2D eigenvalue weighted by Gasteiger charge is -2.15. The average molecular weight is 261 g/mol. The molecule has 0 fully saturated rings. The number of benzene rings is 1. The van der Waals surface area contributed by atoms with E-state index in [4.69, 9.17) is 4.74 Å². The van der Waals surface area contributed by atoms with Gasteiger partial charge in [0.25, 0.3) is 0 Å². The molecule has 0 saturated carbocycles. The summed E-state index contributed by atoms with van der Waals surface area (Å²) in [4.78, 5) is 0. The second-order valence-corrected chi connectivity index (χ2v) is 5.21. The molecule has 1 aromatic heterocycles. The molecule has 1 unspecified atom stereocenters. The van der Waals surface area contributed by atoms with Gasteiger partial charge in [0.1, 0.15) is 5.75 Å². The molecule has 0 saturated heterocycles. The van der Waals surface area contributed by atoms with Crippen LogP contribution in [-0.4, -0.2) is 13.2 Å².